The smallest absolute Gasteiger partial charge is 0.220 e. The number of nitrogen functional groups attached to an aromatic ring is 1. The highest BCUT2D eigenvalue weighted by atomic mass is 16.3. The van der Waals surface area contributed by atoms with Crippen molar-refractivity contribution < 1.29 is 9.90 Å². The van der Waals surface area contributed by atoms with Gasteiger partial charge in [0, 0.05) is 24.8 Å². The molecule has 4 heteroatoms. The number of nitrogens with one attached hydrogen (secondary N) is 1. The molecule has 0 heterocycles. The molecule has 17 heavy (non-hydrogen) atoms. The van der Waals surface area contributed by atoms with Crippen LogP contribution in [0.2, 0.25) is 0 Å². The van der Waals surface area contributed by atoms with Gasteiger partial charge in [-0.1, -0.05) is 12.1 Å². The second-order valence-corrected chi connectivity index (χ2v) is 4.23. The van der Waals surface area contributed by atoms with E-state index < -0.39 is 0 Å². The van der Waals surface area contributed by atoms with Crippen LogP contribution in [0.25, 0.3) is 0 Å². The van der Waals surface area contributed by atoms with Crippen molar-refractivity contribution in [3.63, 3.8) is 0 Å². The SMILES string of the molecule is CC(CCO)NC(=O)CCc1cccc(N)c1. The number of hydrogen-bond acceptors (Lipinski definition) is 3. The van der Waals surface area contributed by atoms with Gasteiger partial charge >= 0.3 is 0 Å². The maximum Gasteiger partial charge on any atom is 0.220 e. The molecule has 94 valence electrons. The lowest BCUT2D eigenvalue weighted by Gasteiger charge is -2.12. The van der Waals surface area contributed by atoms with E-state index in [9.17, 15) is 4.79 Å². The molecule has 1 aromatic rings. The number of aliphatic hydroxyl groups is 1. The van der Waals surface area contributed by atoms with Crippen molar-refractivity contribution in [1.82, 2.24) is 5.32 Å². The molecule has 1 unspecified atom stereocenters. The molecule has 0 saturated heterocycles. The zero-order valence-electron chi connectivity index (χ0n) is 10.1. The van der Waals surface area contributed by atoms with E-state index in [1.807, 2.05) is 31.2 Å². The first-order valence-electron chi connectivity index (χ1n) is 5.86. The number of aliphatic hydroxyl groups excluding tert-OH is 1. The molecular weight excluding hydrogens is 216 g/mol. The molecule has 0 fully saturated rings. The first-order valence-corrected chi connectivity index (χ1v) is 5.86. The van der Waals surface area contributed by atoms with Crippen molar-refractivity contribution in [2.75, 3.05) is 12.3 Å². The molecule has 0 saturated carbocycles. The number of rotatable bonds is 6. The lowest BCUT2D eigenvalue weighted by Crippen LogP contribution is -2.33. The van der Waals surface area contributed by atoms with Gasteiger partial charge in [-0.3, -0.25) is 4.79 Å². The van der Waals surface area contributed by atoms with Gasteiger partial charge in [-0.05, 0) is 37.5 Å². The fraction of sp³-hybridized carbons (Fsp3) is 0.462. The second kappa shape index (κ2) is 6.91. The lowest BCUT2D eigenvalue weighted by atomic mass is 10.1. The highest BCUT2D eigenvalue weighted by Gasteiger charge is 2.06. The van der Waals surface area contributed by atoms with Crippen molar-refractivity contribution in [2.24, 2.45) is 0 Å². The average Bonchev–Trinajstić information content (AvgIpc) is 2.27. The van der Waals surface area contributed by atoms with Crippen LogP contribution in [0.15, 0.2) is 24.3 Å². The number of nitrogens with two attached hydrogens (primary N) is 1. The number of aryl methyl sites for hydroxylation is 1. The standard InChI is InChI=1S/C13H20N2O2/c1-10(7-8-16)15-13(17)6-5-11-3-2-4-12(14)9-11/h2-4,9-10,16H,5-8,14H2,1H3,(H,15,17). The van der Waals surface area contributed by atoms with Crippen LogP contribution >= 0.6 is 0 Å². The van der Waals surface area contributed by atoms with Gasteiger partial charge in [-0.2, -0.15) is 0 Å². The Labute approximate surface area is 102 Å². The van der Waals surface area contributed by atoms with E-state index in [-0.39, 0.29) is 18.6 Å². The number of benzene rings is 1. The normalized spacial score (nSPS) is 12.1. The van der Waals surface area contributed by atoms with Crippen molar-refractivity contribution in [1.29, 1.82) is 0 Å². The summed E-state index contributed by atoms with van der Waals surface area (Å²) in [5.41, 5.74) is 7.44. The third-order valence-corrected chi connectivity index (χ3v) is 2.56. The van der Waals surface area contributed by atoms with Crippen LogP contribution in [-0.2, 0) is 11.2 Å². The fourth-order valence-electron chi connectivity index (χ4n) is 1.62. The minimum Gasteiger partial charge on any atom is -0.399 e. The van der Waals surface area contributed by atoms with Crippen LogP contribution in [0.4, 0.5) is 5.69 Å². The number of amides is 1. The quantitative estimate of drug-likeness (QED) is 0.647. The van der Waals surface area contributed by atoms with Crippen LogP contribution in [0, 0.1) is 0 Å². The van der Waals surface area contributed by atoms with Crippen LogP contribution < -0.4 is 11.1 Å². The Morgan fingerprint density at radius 2 is 2.29 bits per heavy atom. The molecular formula is C13H20N2O2. The van der Waals surface area contributed by atoms with E-state index in [1.165, 1.54) is 0 Å². The third-order valence-electron chi connectivity index (χ3n) is 2.56. The number of hydrogen-bond donors (Lipinski definition) is 3. The molecule has 0 bridgehead atoms. The van der Waals surface area contributed by atoms with Crippen LogP contribution in [0.5, 0.6) is 0 Å². The zero-order valence-corrected chi connectivity index (χ0v) is 10.1. The zero-order chi connectivity index (χ0) is 12.7. The first-order chi connectivity index (χ1) is 8.11. The Morgan fingerprint density at radius 1 is 1.53 bits per heavy atom. The average molecular weight is 236 g/mol. The minimum atomic E-state index is 0.00775. The summed E-state index contributed by atoms with van der Waals surface area (Å²) in [6, 6.07) is 7.57. The third kappa shape index (κ3) is 5.36. The number of carbonyl (C=O) groups is 1. The molecule has 4 nitrogen and oxygen atoms in total. The van der Waals surface area contributed by atoms with E-state index in [2.05, 4.69) is 5.32 Å². The topological polar surface area (TPSA) is 75.3 Å². The molecule has 0 aliphatic heterocycles. The largest absolute Gasteiger partial charge is 0.399 e. The Kier molecular flexibility index (Phi) is 5.49. The highest BCUT2D eigenvalue weighted by molar-refractivity contribution is 5.76. The summed E-state index contributed by atoms with van der Waals surface area (Å²) in [5.74, 6) is 0.00775. The highest BCUT2D eigenvalue weighted by Crippen LogP contribution is 2.08. The molecule has 1 atom stereocenters. The predicted octanol–water partition coefficient (Wildman–Crippen LogP) is 1.09. The van der Waals surface area contributed by atoms with E-state index >= 15 is 0 Å². The van der Waals surface area contributed by atoms with Gasteiger partial charge in [0.2, 0.25) is 5.91 Å². The summed E-state index contributed by atoms with van der Waals surface area (Å²) < 4.78 is 0. The van der Waals surface area contributed by atoms with Gasteiger partial charge < -0.3 is 16.2 Å². The molecule has 1 aromatic carbocycles. The van der Waals surface area contributed by atoms with Gasteiger partial charge in [0.05, 0.1) is 0 Å². The molecule has 0 aromatic heterocycles. The van der Waals surface area contributed by atoms with Crippen molar-refractivity contribution in [3.05, 3.63) is 29.8 Å². The Morgan fingerprint density at radius 3 is 2.94 bits per heavy atom. The number of carbonyl (C=O) groups excluding carboxylic acids is 1. The van der Waals surface area contributed by atoms with Crippen molar-refractivity contribution >= 4 is 11.6 Å². The summed E-state index contributed by atoms with van der Waals surface area (Å²) in [5, 5.41) is 11.6. The maximum atomic E-state index is 11.6. The fourth-order valence-corrected chi connectivity index (χ4v) is 1.62. The first kappa shape index (κ1) is 13.5. The Bertz CT molecular complexity index is 366. The summed E-state index contributed by atoms with van der Waals surface area (Å²) in [4.78, 5) is 11.6. The van der Waals surface area contributed by atoms with Crippen LogP contribution in [0.1, 0.15) is 25.3 Å². The molecule has 0 aliphatic carbocycles. The van der Waals surface area contributed by atoms with Crippen molar-refractivity contribution in [2.45, 2.75) is 32.2 Å². The van der Waals surface area contributed by atoms with E-state index in [1.54, 1.807) is 0 Å². The second-order valence-electron chi connectivity index (χ2n) is 4.23. The Balaban J connectivity index is 2.33. The van der Waals surface area contributed by atoms with Gasteiger partial charge in [0.1, 0.15) is 0 Å². The summed E-state index contributed by atoms with van der Waals surface area (Å²) in [7, 11) is 0. The molecule has 4 N–H and O–H groups in total. The van der Waals surface area contributed by atoms with E-state index in [0.29, 0.717) is 19.3 Å². The molecule has 0 aliphatic rings. The van der Waals surface area contributed by atoms with Gasteiger partial charge in [-0.15, -0.1) is 0 Å². The van der Waals surface area contributed by atoms with Crippen LogP contribution in [0.3, 0.4) is 0 Å². The molecule has 0 spiro atoms. The van der Waals surface area contributed by atoms with Gasteiger partial charge in [0.15, 0.2) is 0 Å². The Hall–Kier alpha value is -1.55. The number of anilines is 1. The van der Waals surface area contributed by atoms with E-state index in [0.717, 1.165) is 11.3 Å². The van der Waals surface area contributed by atoms with Gasteiger partial charge in [0.25, 0.3) is 0 Å². The van der Waals surface area contributed by atoms with Crippen LogP contribution in [-0.4, -0.2) is 23.7 Å². The summed E-state index contributed by atoms with van der Waals surface area (Å²) >= 11 is 0. The molecule has 0 radical (unpaired) electrons. The maximum absolute atomic E-state index is 11.6. The van der Waals surface area contributed by atoms with Crippen molar-refractivity contribution in [3.8, 4) is 0 Å². The minimum absolute atomic E-state index is 0.00775. The molecule has 1 amide bonds. The van der Waals surface area contributed by atoms with Gasteiger partial charge in [-0.25, -0.2) is 0 Å². The predicted molar refractivity (Wildman–Crippen MR) is 68.5 cm³/mol. The summed E-state index contributed by atoms with van der Waals surface area (Å²) in [6.07, 6.45) is 1.71. The monoisotopic (exact) mass is 236 g/mol. The summed E-state index contributed by atoms with van der Waals surface area (Å²) in [6.45, 7) is 1.98. The molecule has 1 rings (SSSR count). The van der Waals surface area contributed by atoms with E-state index in [4.69, 9.17) is 10.8 Å². The lowest BCUT2D eigenvalue weighted by molar-refractivity contribution is -0.121.